The highest BCUT2D eigenvalue weighted by Gasteiger charge is 2.12. The number of rotatable bonds is 4. The summed E-state index contributed by atoms with van der Waals surface area (Å²) in [6.07, 6.45) is 0. The summed E-state index contributed by atoms with van der Waals surface area (Å²) in [5.41, 5.74) is 2.48. The van der Waals surface area contributed by atoms with Crippen LogP contribution in [0.25, 0.3) is 0 Å². The molecule has 0 saturated heterocycles. The lowest BCUT2D eigenvalue weighted by Crippen LogP contribution is -2.14. The van der Waals surface area contributed by atoms with Crippen molar-refractivity contribution in [3.05, 3.63) is 63.6 Å². The molecule has 0 aromatic heterocycles. The van der Waals surface area contributed by atoms with Gasteiger partial charge in [-0.1, -0.05) is 12.1 Å². The highest BCUT2D eigenvalue weighted by Crippen LogP contribution is 2.21. The third-order valence-corrected chi connectivity index (χ3v) is 3.80. The van der Waals surface area contributed by atoms with Crippen LogP contribution in [0.5, 0.6) is 0 Å². The summed E-state index contributed by atoms with van der Waals surface area (Å²) in [5.74, 6) is -0.575. The molecule has 1 amide bonds. The van der Waals surface area contributed by atoms with Gasteiger partial charge in [-0.2, -0.15) is 0 Å². The Hall–Kier alpha value is -2.14. The minimum Gasteiger partial charge on any atom is -0.462 e. The monoisotopic (exact) mass is 361 g/mol. The number of esters is 1. The Morgan fingerprint density at radius 2 is 1.91 bits per heavy atom. The lowest BCUT2D eigenvalue weighted by Gasteiger charge is -2.11. The van der Waals surface area contributed by atoms with Gasteiger partial charge < -0.3 is 10.1 Å². The number of nitrogens with one attached hydrogen (secondary N) is 1. The van der Waals surface area contributed by atoms with Crippen LogP contribution >= 0.6 is 15.9 Å². The predicted molar refractivity (Wildman–Crippen MR) is 89.2 cm³/mol. The lowest BCUT2D eigenvalue weighted by atomic mass is 10.1. The molecule has 1 N–H and O–H groups in total. The maximum atomic E-state index is 12.3. The molecule has 4 nitrogen and oxygen atoms in total. The Morgan fingerprint density at radius 1 is 1.18 bits per heavy atom. The number of aryl methyl sites for hydroxylation is 1. The number of ether oxygens (including phenoxy) is 1. The molecule has 2 aromatic rings. The number of hydrogen-bond donors (Lipinski definition) is 1. The zero-order valence-corrected chi connectivity index (χ0v) is 13.9. The summed E-state index contributed by atoms with van der Waals surface area (Å²) in [6, 6.07) is 12.2. The molecule has 2 aromatic carbocycles. The van der Waals surface area contributed by atoms with Crippen molar-refractivity contribution in [3.63, 3.8) is 0 Å². The van der Waals surface area contributed by atoms with E-state index in [1.807, 2.05) is 19.1 Å². The highest BCUT2D eigenvalue weighted by molar-refractivity contribution is 9.10. The molecule has 2 rings (SSSR count). The second-order valence-corrected chi connectivity index (χ2v) is 5.54. The minimum absolute atomic E-state index is 0.209. The molecule has 0 heterocycles. The van der Waals surface area contributed by atoms with Gasteiger partial charge in [0.05, 0.1) is 17.7 Å². The number of anilines is 1. The zero-order valence-electron chi connectivity index (χ0n) is 12.4. The van der Waals surface area contributed by atoms with Crippen molar-refractivity contribution in [1.29, 1.82) is 0 Å². The Kier molecular flexibility index (Phi) is 5.33. The van der Waals surface area contributed by atoms with Gasteiger partial charge in [-0.15, -0.1) is 0 Å². The average Bonchev–Trinajstić information content (AvgIpc) is 2.49. The second kappa shape index (κ2) is 7.22. The standard InChI is InChI=1S/C17H16BrNO3/c1-3-22-17(21)12-8-9-15(11(2)10-12)19-16(20)13-6-4-5-7-14(13)18/h4-10H,3H2,1-2H3,(H,19,20). The fourth-order valence-electron chi connectivity index (χ4n) is 1.98. The van der Waals surface area contributed by atoms with Gasteiger partial charge in [0.25, 0.3) is 5.91 Å². The summed E-state index contributed by atoms with van der Waals surface area (Å²) in [7, 11) is 0. The Morgan fingerprint density at radius 3 is 2.55 bits per heavy atom. The summed E-state index contributed by atoms with van der Waals surface area (Å²) in [5, 5.41) is 2.84. The number of benzene rings is 2. The average molecular weight is 362 g/mol. The molecule has 0 aliphatic carbocycles. The summed E-state index contributed by atoms with van der Waals surface area (Å²) < 4.78 is 5.69. The zero-order chi connectivity index (χ0) is 16.1. The molecule has 0 atom stereocenters. The normalized spacial score (nSPS) is 10.1. The Bertz CT molecular complexity index is 713. The smallest absolute Gasteiger partial charge is 0.338 e. The molecule has 0 fully saturated rings. The maximum absolute atomic E-state index is 12.3. The van der Waals surface area contributed by atoms with Gasteiger partial charge in [0, 0.05) is 10.2 Å². The number of halogens is 1. The molecule has 0 bridgehead atoms. The van der Waals surface area contributed by atoms with Crippen LogP contribution in [0, 0.1) is 6.92 Å². The van der Waals surface area contributed by atoms with Gasteiger partial charge in [-0.05, 0) is 65.7 Å². The lowest BCUT2D eigenvalue weighted by molar-refractivity contribution is 0.0526. The van der Waals surface area contributed by atoms with Crippen molar-refractivity contribution in [3.8, 4) is 0 Å². The second-order valence-electron chi connectivity index (χ2n) is 4.68. The van der Waals surface area contributed by atoms with E-state index in [9.17, 15) is 9.59 Å². The molecule has 5 heteroatoms. The van der Waals surface area contributed by atoms with E-state index in [4.69, 9.17) is 4.74 Å². The van der Waals surface area contributed by atoms with Crippen LogP contribution in [0.15, 0.2) is 46.9 Å². The van der Waals surface area contributed by atoms with Crippen LogP contribution in [-0.4, -0.2) is 18.5 Å². The van der Waals surface area contributed by atoms with E-state index in [2.05, 4.69) is 21.2 Å². The fraction of sp³-hybridized carbons (Fsp3) is 0.176. The quantitative estimate of drug-likeness (QED) is 0.830. The van der Waals surface area contributed by atoms with Crippen molar-refractivity contribution < 1.29 is 14.3 Å². The van der Waals surface area contributed by atoms with Crippen molar-refractivity contribution in [2.45, 2.75) is 13.8 Å². The molecule has 0 spiro atoms. The summed E-state index contributed by atoms with van der Waals surface area (Å²) >= 11 is 3.35. The van der Waals surface area contributed by atoms with E-state index in [-0.39, 0.29) is 11.9 Å². The van der Waals surface area contributed by atoms with Gasteiger partial charge in [0.1, 0.15) is 0 Å². The molecule has 114 valence electrons. The first kappa shape index (κ1) is 16.2. The number of carbonyl (C=O) groups is 2. The van der Waals surface area contributed by atoms with E-state index in [0.717, 1.165) is 10.0 Å². The summed E-state index contributed by atoms with van der Waals surface area (Å²) in [6.45, 7) is 3.92. The van der Waals surface area contributed by atoms with E-state index >= 15 is 0 Å². The van der Waals surface area contributed by atoms with Gasteiger partial charge >= 0.3 is 5.97 Å². The summed E-state index contributed by atoms with van der Waals surface area (Å²) in [4.78, 5) is 24.0. The number of hydrogen-bond acceptors (Lipinski definition) is 3. The van der Waals surface area contributed by atoms with Crippen molar-refractivity contribution in [1.82, 2.24) is 0 Å². The van der Waals surface area contributed by atoms with Crippen LogP contribution < -0.4 is 5.32 Å². The predicted octanol–water partition coefficient (Wildman–Crippen LogP) is 4.19. The maximum Gasteiger partial charge on any atom is 0.338 e. The fourth-order valence-corrected chi connectivity index (χ4v) is 2.45. The van der Waals surface area contributed by atoms with Crippen LogP contribution in [0.3, 0.4) is 0 Å². The van der Waals surface area contributed by atoms with E-state index < -0.39 is 0 Å². The number of carbonyl (C=O) groups excluding carboxylic acids is 2. The molecule has 0 radical (unpaired) electrons. The Balaban J connectivity index is 2.19. The minimum atomic E-state index is -0.366. The first-order valence-electron chi connectivity index (χ1n) is 6.86. The molecule has 0 unspecified atom stereocenters. The molecule has 0 saturated carbocycles. The van der Waals surface area contributed by atoms with Gasteiger partial charge in [0.2, 0.25) is 0 Å². The third kappa shape index (κ3) is 3.74. The first-order valence-corrected chi connectivity index (χ1v) is 7.66. The van der Waals surface area contributed by atoms with E-state index in [0.29, 0.717) is 23.4 Å². The van der Waals surface area contributed by atoms with E-state index in [1.165, 1.54) is 0 Å². The largest absolute Gasteiger partial charge is 0.462 e. The molecule has 0 aliphatic heterocycles. The van der Waals surface area contributed by atoms with Gasteiger partial charge in [-0.3, -0.25) is 4.79 Å². The van der Waals surface area contributed by atoms with Crippen molar-refractivity contribution >= 4 is 33.5 Å². The van der Waals surface area contributed by atoms with Gasteiger partial charge in [0.15, 0.2) is 0 Å². The molecule has 22 heavy (non-hydrogen) atoms. The van der Waals surface area contributed by atoms with E-state index in [1.54, 1.807) is 37.3 Å². The van der Waals surface area contributed by atoms with Crippen molar-refractivity contribution in [2.24, 2.45) is 0 Å². The van der Waals surface area contributed by atoms with Gasteiger partial charge in [-0.25, -0.2) is 4.79 Å². The third-order valence-electron chi connectivity index (χ3n) is 3.10. The Labute approximate surface area is 137 Å². The molecular weight excluding hydrogens is 346 g/mol. The van der Waals surface area contributed by atoms with Crippen LogP contribution in [0.1, 0.15) is 33.2 Å². The first-order chi connectivity index (χ1) is 10.5. The number of amides is 1. The van der Waals surface area contributed by atoms with Crippen LogP contribution in [0.4, 0.5) is 5.69 Å². The molecule has 0 aliphatic rings. The highest BCUT2D eigenvalue weighted by atomic mass is 79.9. The topological polar surface area (TPSA) is 55.4 Å². The van der Waals surface area contributed by atoms with Crippen molar-refractivity contribution in [2.75, 3.05) is 11.9 Å². The van der Waals surface area contributed by atoms with Crippen LogP contribution in [0.2, 0.25) is 0 Å². The van der Waals surface area contributed by atoms with Crippen LogP contribution in [-0.2, 0) is 4.74 Å². The molecular formula is C17H16BrNO3. The SMILES string of the molecule is CCOC(=O)c1ccc(NC(=O)c2ccccc2Br)c(C)c1.